The van der Waals surface area contributed by atoms with Crippen molar-refractivity contribution in [2.45, 2.75) is 6.42 Å². The predicted molar refractivity (Wildman–Crippen MR) is 83.9 cm³/mol. The lowest BCUT2D eigenvalue weighted by atomic mass is 10.1. The predicted octanol–water partition coefficient (Wildman–Crippen LogP) is 3.97. The number of hydrogen-bond donors (Lipinski definition) is 1. The quantitative estimate of drug-likeness (QED) is 0.912. The molecule has 0 radical (unpaired) electrons. The monoisotopic (exact) mass is 307 g/mol. The molecule has 0 saturated heterocycles. The number of halogens is 1. The zero-order valence-electron chi connectivity index (χ0n) is 11.0. The topological polar surface area (TPSA) is 40.5 Å². The van der Waals surface area contributed by atoms with Crippen molar-refractivity contribution in [3.63, 3.8) is 0 Å². The molecule has 3 nitrogen and oxygen atoms in total. The molecular weight excluding hydrogens is 294 g/mol. The van der Waals surface area contributed by atoms with Crippen molar-refractivity contribution in [2.24, 2.45) is 0 Å². The van der Waals surface area contributed by atoms with E-state index in [4.69, 9.17) is 16.7 Å². The number of rotatable bonds is 2. The standard InChI is InChI=1S/C15H14ClNO2S/c1-17-4-2-3-9(8-17)13-7-10-5-11(15(18)19)6-12(16)14(10)20-13/h3,5-7H,2,4,8H2,1H3,(H,18,19). The molecule has 2 heterocycles. The minimum Gasteiger partial charge on any atom is -0.478 e. The smallest absolute Gasteiger partial charge is 0.335 e. The molecule has 1 aromatic heterocycles. The molecule has 3 rings (SSSR count). The second-order valence-electron chi connectivity index (χ2n) is 5.05. The summed E-state index contributed by atoms with van der Waals surface area (Å²) in [6, 6.07) is 5.26. The van der Waals surface area contributed by atoms with E-state index in [-0.39, 0.29) is 5.56 Å². The third-order valence-corrected chi connectivity index (χ3v) is 5.15. The number of hydrogen-bond acceptors (Lipinski definition) is 3. The fourth-order valence-corrected chi connectivity index (χ4v) is 3.88. The summed E-state index contributed by atoms with van der Waals surface area (Å²) in [5.41, 5.74) is 1.54. The average Bonchev–Trinajstić information content (AvgIpc) is 2.83. The molecule has 0 bridgehead atoms. The van der Waals surface area contributed by atoms with Crippen LogP contribution < -0.4 is 0 Å². The lowest BCUT2D eigenvalue weighted by Gasteiger charge is -2.22. The summed E-state index contributed by atoms with van der Waals surface area (Å²) in [4.78, 5) is 14.5. The van der Waals surface area contributed by atoms with Crippen LogP contribution in [0.5, 0.6) is 0 Å². The summed E-state index contributed by atoms with van der Waals surface area (Å²) in [5, 5.41) is 10.5. The Kier molecular flexibility index (Phi) is 3.54. The highest BCUT2D eigenvalue weighted by atomic mass is 35.5. The van der Waals surface area contributed by atoms with Crippen LogP contribution in [0.2, 0.25) is 5.02 Å². The Hall–Kier alpha value is -1.36. The average molecular weight is 308 g/mol. The molecule has 1 aliphatic rings. The number of nitrogens with zero attached hydrogens (tertiary/aromatic N) is 1. The van der Waals surface area contributed by atoms with Crippen LogP contribution in [-0.4, -0.2) is 36.1 Å². The van der Waals surface area contributed by atoms with Crippen LogP contribution in [0.1, 0.15) is 21.7 Å². The van der Waals surface area contributed by atoms with Gasteiger partial charge in [-0.3, -0.25) is 0 Å². The van der Waals surface area contributed by atoms with Gasteiger partial charge in [-0.25, -0.2) is 4.79 Å². The first-order valence-corrected chi connectivity index (χ1v) is 7.58. The van der Waals surface area contributed by atoms with Gasteiger partial charge in [0.15, 0.2) is 0 Å². The molecule has 1 aromatic carbocycles. The van der Waals surface area contributed by atoms with E-state index < -0.39 is 5.97 Å². The van der Waals surface area contributed by atoms with Gasteiger partial charge < -0.3 is 10.0 Å². The molecule has 1 N–H and O–H groups in total. The van der Waals surface area contributed by atoms with Crippen LogP contribution in [0.15, 0.2) is 24.3 Å². The summed E-state index contributed by atoms with van der Waals surface area (Å²) in [6.07, 6.45) is 3.31. The maximum atomic E-state index is 11.1. The SMILES string of the molecule is CN1CCC=C(c2cc3cc(C(=O)O)cc(Cl)c3s2)C1. The molecular formula is C15H14ClNO2S. The molecule has 20 heavy (non-hydrogen) atoms. The van der Waals surface area contributed by atoms with Crippen molar-refractivity contribution in [2.75, 3.05) is 20.1 Å². The van der Waals surface area contributed by atoms with E-state index in [1.54, 1.807) is 17.4 Å². The second-order valence-corrected chi connectivity index (χ2v) is 6.51. The van der Waals surface area contributed by atoms with Crippen LogP contribution in [0.3, 0.4) is 0 Å². The van der Waals surface area contributed by atoms with Gasteiger partial charge in [-0.15, -0.1) is 11.3 Å². The van der Waals surface area contributed by atoms with Crippen molar-refractivity contribution >= 4 is 44.6 Å². The zero-order chi connectivity index (χ0) is 14.3. The van der Waals surface area contributed by atoms with Crippen molar-refractivity contribution in [1.29, 1.82) is 0 Å². The van der Waals surface area contributed by atoms with Crippen LogP contribution in [-0.2, 0) is 0 Å². The van der Waals surface area contributed by atoms with Crippen molar-refractivity contribution in [3.05, 3.63) is 39.7 Å². The maximum absolute atomic E-state index is 11.1. The highest BCUT2D eigenvalue weighted by Gasteiger charge is 2.15. The van der Waals surface area contributed by atoms with Crippen LogP contribution in [0, 0.1) is 0 Å². The third-order valence-electron chi connectivity index (χ3n) is 3.48. The molecule has 0 spiro atoms. The zero-order valence-corrected chi connectivity index (χ0v) is 12.6. The number of aromatic carboxylic acids is 1. The highest BCUT2D eigenvalue weighted by molar-refractivity contribution is 7.20. The minimum atomic E-state index is -0.946. The number of thiophene rings is 1. The van der Waals surface area contributed by atoms with Gasteiger partial charge in [-0.1, -0.05) is 17.7 Å². The molecule has 0 aliphatic carbocycles. The van der Waals surface area contributed by atoms with Gasteiger partial charge in [0.05, 0.1) is 15.3 Å². The van der Waals surface area contributed by atoms with Crippen molar-refractivity contribution in [1.82, 2.24) is 4.90 Å². The molecule has 0 atom stereocenters. The first-order valence-electron chi connectivity index (χ1n) is 6.39. The minimum absolute atomic E-state index is 0.238. The van der Waals surface area contributed by atoms with E-state index in [0.717, 1.165) is 29.6 Å². The van der Waals surface area contributed by atoms with E-state index in [1.165, 1.54) is 16.5 Å². The molecule has 0 fully saturated rings. The molecule has 1 aliphatic heterocycles. The summed E-state index contributed by atoms with van der Waals surface area (Å²) in [6.45, 7) is 2.01. The summed E-state index contributed by atoms with van der Waals surface area (Å²) < 4.78 is 0.959. The summed E-state index contributed by atoms with van der Waals surface area (Å²) in [5.74, 6) is -0.946. The number of benzene rings is 1. The Morgan fingerprint density at radius 1 is 1.40 bits per heavy atom. The Morgan fingerprint density at radius 2 is 2.20 bits per heavy atom. The van der Waals surface area contributed by atoms with E-state index >= 15 is 0 Å². The fourth-order valence-electron chi connectivity index (χ4n) is 2.46. The maximum Gasteiger partial charge on any atom is 0.335 e. The lowest BCUT2D eigenvalue weighted by Crippen LogP contribution is -2.24. The fraction of sp³-hybridized carbons (Fsp3) is 0.267. The van der Waals surface area contributed by atoms with E-state index in [2.05, 4.69) is 18.0 Å². The second kappa shape index (κ2) is 5.20. The number of carboxylic acid groups (broad SMARTS) is 1. The number of carbonyl (C=O) groups is 1. The molecule has 0 amide bonds. The van der Waals surface area contributed by atoms with Crippen LogP contribution in [0.25, 0.3) is 15.7 Å². The molecule has 0 saturated carbocycles. The lowest BCUT2D eigenvalue weighted by molar-refractivity contribution is 0.0697. The van der Waals surface area contributed by atoms with Gasteiger partial charge in [0, 0.05) is 18.0 Å². The van der Waals surface area contributed by atoms with Crippen molar-refractivity contribution in [3.8, 4) is 0 Å². The van der Waals surface area contributed by atoms with E-state index in [1.807, 2.05) is 6.07 Å². The molecule has 104 valence electrons. The van der Waals surface area contributed by atoms with E-state index in [0.29, 0.717) is 5.02 Å². The third kappa shape index (κ3) is 2.46. The molecule has 5 heteroatoms. The van der Waals surface area contributed by atoms with Gasteiger partial charge >= 0.3 is 5.97 Å². The van der Waals surface area contributed by atoms with E-state index in [9.17, 15) is 4.79 Å². The first kappa shape index (κ1) is 13.6. The molecule has 2 aromatic rings. The molecule has 0 unspecified atom stereocenters. The van der Waals surface area contributed by atoms with Gasteiger partial charge in [-0.2, -0.15) is 0 Å². The van der Waals surface area contributed by atoms with Crippen molar-refractivity contribution < 1.29 is 9.90 Å². The summed E-state index contributed by atoms with van der Waals surface area (Å²) in [7, 11) is 2.11. The number of carboxylic acids is 1. The Morgan fingerprint density at radius 3 is 2.90 bits per heavy atom. The van der Waals surface area contributed by atoms with Gasteiger partial charge in [-0.05, 0) is 42.6 Å². The van der Waals surface area contributed by atoms with Gasteiger partial charge in [0.1, 0.15) is 0 Å². The van der Waals surface area contributed by atoms with Crippen LogP contribution in [0.4, 0.5) is 0 Å². The number of likely N-dealkylation sites (N-methyl/N-ethyl adjacent to an activating group) is 1. The Bertz CT molecular complexity index is 720. The van der Waals surface area contributed by atoms with Gasteiger partial charge in [0.25, 0.3) is 0 Å². The first-order chi connectivity index (χ1) is 9.54. The number of fused-ring (bicyclic) bond motifs is 1. The van der Waals surface area contributed by atoms with Crippen LogP contribution >= 0.6 is 22.9 Å². The normalized spacial score (nSPS) is 16.4. The Balaban J connectivity index is 2.09. The largest absolute Gasteiger partial charge is 0.478 e. The summed E-state index contributed by atoms with van der Waals surface area (Å²) >= 11 is 7.84. The Labute approximate surface area is 126 Å². The van der Waals surface area contributed by atoms with Gasteiger partial charge in [0.2, 0.25) is 0 Å². The highest BCUT2D eigenvalue weighted by Crippen LogP contribution is 2.37.